The van der Waals surface area contributed by atoms with Crippen LogP contribution in [-0.4, -0.2) is 19.1 Å². The smallest absolute Gasteiger partial charge is 0.245 e. The molecule has 1 amide bonds. The van der Waals surface area contributed by atoms with Crippen LogP contribution in [0.15, 0.2) is 12.1 Å². The number of rotatable bonds is 2. The molecule has 1 aliphatic heterocycles. The summed E-state index contributed by atoms with van der Waals surface area (Å²) >= 11 is 0. The Labute approximate surface area is 119 Å². The van der Waals surface area contributed by atoms with Gasteiger partial charge in [-0.25, -0.2) is 0 Å². The SMILES string of the molecule is Cc1cc(C)c(NC(=O)C2(C#N)CCOCC2)c(C)c1. The Morgan fingerprint density at radius 1 is 1.25 bits per heavy atom. The van der Waals surface area contributed by atoms with E-state index in [0.29, 0.717) is 26.1 Å². The number of nitrogens with one attached hydrogen (secondary N) is 1. The van der Waals surface area contributed by atoms with Gasteiger partial charge in [-0.05, 0) is 44.7 Å². The van der Waals surface area contributed by atoms with Crippen molar-refractivity contribution in [1.29, 1.82) is 5.26 Å². The zero-order valence-electron chi connectivity index (χ0n) is 12.2. The Balaban J connectivity index is 2.26. The van der Waals surface area contributed by atoms with Crippen LogP contribution in [0.4, 0.5) is 5.69 Å². The van der Waals surface area contributed by atoms with E-state index in [-0.39, 0.29) is 5.91 Å². The maximum absolute atomic E-state index is 12.5. The number of amides is 1. The highest BCUT2D eigenvalue weighted by Crippen LogP contribution is 2.32. The monoisotopic (exact) mass is 272 g/mol. The molecule has 1 N–H and O–H groups in total. The minimum Gasteiger partial charge on any atom is -0.381 e. The first-order valence-electron chi connectivity index (χ1n) is 6.87. The van der Waals surface area contributed by atoms with Crippen molar-refractivity contribution >= 4 is 11.6 Å². The lowest BCUT2D eigenvalue weighted by molar-refractivity contribution is -0.126. The summed E-state index contributed by atoms with van der Waals surface area (Å²) in [7, 11) is 0. The van der Waals surface area contributed by atoms with Gasteiger partial charge in [-0.15, -0.1) is 0 Å². The van der Waals surface area contributed by atoms with E-state index in [2.05, 4.69) is 11.4 Å². The van der Waals surface area contributed by atoms with Gasteiger partial charge in [0.15, 0.2) is 0 Å². The Morgan fingerprint density at radius 2 is 1.80 bits per heavy atom. The van der Waals surface area contributed by atoms with Crippen molar-refractivity contribution in [2.75, 3.05) is 18.5 Å². The van der Waals surface area contributed by atoms with Crippen molar-refractivity contribution in [3.05, 3.63) is 28.8 Å². The van der Waals surface area contributed by atoms with Crippen molar-refractivity contribution in [2.45, 2.75) is 33.6 Å². The molecular weight excluding hydrogens is 252 g/mol. The summed E-state index contributed by atoms with van der Waals surface area (Å²) in [6.07, 6.45) is 0.915. The van der Waals surface area contributed by atoms with Gasteiger partial charge in [-0.1, -0.05) is 17.7 Å². The molecule has 0 radical (unpaired) electrons. The number of aryl methyl sites for hydroxylation is 3. The van der Waals surface area contributed by atoms with Crippen LogP contribution in [0.2, 0.25) is 0 Å². The number of hydrogen-bond donors (Lipinski definition) is 1. The number of ether oxygens (including phenoxy) is 1. The molecule has 1 fully saturated rings. The second-order valence-electron chi connectivity index (χ2n) is 5.53. The number of anilines is 1. The van der Waals surface area contributed by atoms with Crippen molar-refractivity contribution in [3.8, 4) is 6.07 Å². The van der Waals surface area contributed by atoms with Crippen LogP contribution in [0.1, 0.15) is 29.5 Å². The van der Waals surface area contributed by atoms with E-state index < -0.39 is 5.41 Å². The van der Waals surface area contributed by atoms with Crippen LogP contribution in [0.5, 0.6) is 0 Å². The molecule has 0 bridgehead atoms. The lowest BCUT2D eigenvalue weighted by Gasteiger charge is -2.29. The molecule has 0 saturated carbocycles. The first kappa shape index (κ1) is 14.5. The van der Waals surface area contributed by atoms with Gasteiger partial charge in [0.2, 0.25) is 5.91 Å². The molecule has 0 aromatic heterocycles. The van der Waals surface area contributed by atoms with Gasteiger partial charge < -0.3 is 10.1 Å². The molecule has 1 heterocycles. The highest BCUT2D eigenvalue weighted by Gasteiger charge is 2.40. The Hall–Kier alpha value is -1.86. The van der Waals surface area contributed by atoms with E-state index in [1.165, 1.54) is 5.56 Å². The van der Waals surface area contributed by atoms with Crippen LogP contribution in [0, 0.1) is 37.5 Å². The average Bonchev–Trinajstić information content (AvgIpc) is 2.43. The fourth-order valence-electron chi connectivity index (χ4n) is 2.72. The average molecular weight is 272 g/mol. The lowest BCUT2D eigenvalue weighted by Crippen LogP contribution is -2.40. The Morgan fingerprint density at radius 3 is 2.30 bits per heavy atom. The number of nitriles is 1. The molecule has 1 saturated heterocycles. The first-order chi connectivity index (χ1) is 9.48. The number of carbonyl (C=O) groups is 1. The van der Waals surface area contributed by atoms with Gasteiger partial charge in [-0.3, -0.25) is 4.79 Å². The van der Waals surface area contributed by atoms with Crippen molar-refractivity contribution in [3.63, 3.8) is 0 Å². The third kappa shape index (κ3) is 2.68. The summed E-state index contributed by atoms with van der Waals surface area (Å²) < 4.78 is 5.26. The van der Waals surface area contributed by atoms with Crippen LogP contribution < -0.4 is 5.32 Å². The number of carbonyl (C=O) groups excluding carboxylic acids is 1. The van der Waals surface area contributed by atoms with Crippen molar-refractivity contribution in [2.24, 2.45) is 5.41 Å². The minimum atomic E-state index is -0.956. The Kier molecular flexibility index (Phi) is 4.10. The molecule has 2 rings (SSSR count). The van der Waals surface area contributed by atoms with Gasteiger partial charge in [0.25, 0.3) is 0 Å². The van der Waals surface area contributed by atoms with E-state index in [4.69, 9.17) is 4.74 Å². The highest BCUT2D eigenvalue weighted by molar-refractivity contribution is 5.98. The first-order valence-corrected chi connectivity index (χ1v) is 6.87. The predicted octanol–water partition coefficient (Wildman–Crippen LogP) is 2.87. The van der Waals surface area contributed by atoms with Crippen LogP contribution in [-0.2, 0) is 9.53 Å². The molecule has 20 heavy (non-hydrogen) atoms. The van der Waals surface area contributed by atoms with Crippen LogP contribution >= 0.6 is 0 Å². The second-order valence-corrected chi connectivity index (χ2v) is 5.53. The van der Waals surface area contributed by atoms with Gasteiger partial charge >= 0.3 is 0 Å². The summed E-state index contributed by atoms with van der Waals surface area (Å²) in [4.78, 5) is 12.5. The molecule has 1 aliphatic rings. The van der Waals surface area contributed by atoms with Crippen molar-refractivity contribution < 1.29 is 9.53 Å². The van der Waals surface area contributed by atoms with Crippen LogP contribution in [0.25, 0.3) is 0 Å². The second kappa shape index (κ2) is 5.64. The summed E-state index contributed by atoms with van der Waals surface area (Å²) in [5.41, 5.74) is 3.08. The van der Waals surface area contributed by atoms with Gasteiger partial charge in [0.05, 0.1) is 6.07 Å². The summed E-state index contributed by atoms with van der Waals surface area (Å²) in [6, 6.07) is 6.26. The normalized spacial score (nSPS) is 17.3. The molecule has 0 atom stereocenters. The molecule has 0 aliphatic carbocycles. The standard InChI is InChI=1S/C16H20N2O2/c1-11-8-12(2)14(13(3)9-11)18-15(19)16(10-17)4-6-20-7-5-16/h8-9H,4-7H2,1-3H3,(H,18,19). The topological polar surface area (TPSA) is 62.1 Å². The molecule has 1 aromatic rings. The maximum atomic E-state index is 12.5. The van der Waals surface area contributed by atoms with Gasteiger partial charge in [-0.2, -0.15) is 5.26 Å². The Bertz CT molecular complexity index is 543. The number of nitrogens with zero attached hydrogens (tertiary/aromatic N) is 1. The van der Waals surface area contributed by atoms with Gasteiger partial charge in [0, 0.05) is 18.9 Å². The van der Waals surface area contributed by atoms with E-state index in [9.17, 15) is 10.1 Å². The lowest BCUT2D eigenvalue weighted by atomic mass is 9.80. The van der Waals surface area contributed by atoms with E-state index in [1.54, 1.807) is 0 Å². The third-order valence-corrected chi connectivity index (χ3v) is 3.91. The van der Waals surface area contributed by atoms with Gasteiger partial charge in [0.1, 0.15) is 5.41 Å². The third-order valence-electron chi connectivity index (χ3n) is 3.91. The molecule has 106 valence electrons. The maximum Gasteiger partial charge on any atom is 0.245 e. The van der Waals surface area contributed by atoms with Crippen molar-refractivity contribution in [1.82, 2.24) is 0 Å². The molecular formula is C16H20N2O2. The minimum absolute atomic E-state index is 0.210. The summed E-state index contributed by atoms with van der Waals surface area (Å²) in [5.74, 6) is -0.210. The quantitative estimate of drug-likeness (QED) is 0.900. The summed E-state index contributed by atoms with van der Waals surface area (Å²) in [5, 5.41) is 12.4. The number of hydrogen-bond acceptors (Lipinski definition) is 3. The fraction of sp³-hybridized carbons (Fsp3) is 0.500. The molecule has 0 spiro atoms. The van der Waals surface area contributed by atoms with E-state index in [1.807, 2.05) is 32.9 Å². The molecule has 1 aromatic carbocycles. The predicted molar refractivity (Wildman–Crippen MR) is 77.4 cm³/mol. The summed E-state index contributed by atoms with van der Waals surface area (Å²) in [6.45, 7) is 6.90. The van der Waals surface area contributed by atoms with Crippen LogP contribution in [0.3, 0.4) is 0 Å². The van der Waals surface area contributed by atoms with E-state index in [0.717, 1.165) is 16.8 Å². The molecule has 4 nitrogen and oxygen atoms in total. The largest absolute Gasteiger partial charge is 0.381 e. The zero-order chi connectivity index (χ0) is 14.8. The highest BCUT2D eigenvalue weighted by atomic mass is 16.5. The zero-order valence-corrected chi connectivity index (χ0v) is 12.2. The molecule has 4 heteroatoms. The number of benzene rings is 1. The van der Waals surface area contributed by atoms with E-state index >= 15 is 0 Å². The fourth-order valence-corrected chi connectivity index (χ4v) is 2.72. The molecule has 0 unspecified atom stereocenters.